The van der Waals surface area contributed by atoms with Gasteiger partial charge in [-0.15, -0.1) is 11.3 Å². The van der Waals surface area contributed by atoms with Crippen LogP contribution in [0.2, 0.25) is 0 Å². The molecule has 0 spiro atoms. The van der Waals surface area contributed by atoms with Crippen LogP contribution in [0, 0.1) is 6.92 Å². The maximum Gasteiger partial charge on any atom is 0.259 e. The topological polar surface area (TPSA) is 77.0 Å². The summed E-state index contributed by atoms with van der Waals surface area (Å²) in [5.74, 6) is 0.434. The highest BCUT2D eigenvalue weighted by Gasteiger charge is 2.16. The minimum Gasteiger partial charge on any atom is -0.497 e. The van der Waals surface area contributed by atoms with Crippen LogP contribution in [0.1, 0.15) is 16.1 Å². The molecule has 0 aliphatic heterocycles. The Morgan fingerprint density at radius 1 is 1.03 bits per heavy atom. The van der Waals surface area contributed by atoms with Crippen LogP contribution in [0.4, 0.5) is 5.13 Å². The van der Waals surface area contributed by atoms with Gasteiger partial charge >= 0.3 is 0 Å². The highest BCUT2D eigenvalue weighted by molar-refractivity contribution is 7.14. The van der Waals surface area contributed by atoms with Gasteiger partial charge in [0.25, 0.3) is 5.91 Å². The number of carbonyl (C=O) groups is 1. The smallest absolute Gasteiger partial charge is 0.259 e. The molecule has 0 bridgehead atoms. The lowest BCUT2D eigenvalue weighted by atomic mass is 10.1. The van der Waals surface area contributed by atoms with Gasteiger partial charge in [-0.1, -0.05) is 18.2 Å². The Bertz CT molecular complexity index is 1170. The van der Waals surface area contributed by atoms with Gasteiger partial charge in [0.1, 0.15) is 11.4 Å². The fraction of sp³-hybridized carbons (Fsp3) is 0.0909. The number of nitrogens with zero attached hydrogens (tertiary/aromatic N) is 3. The SMILES string of the molecule is COc1cccc(-c2ncccc2C(=O)Nc2nc(-c3cccc(C)n3)cs2)c1. The van der Waals surface area contributed by atoms with Gasteiger partial charge in [0, 0.05) is 22.8 Å². The molecule has 4 rings (SSSR count). The minimum atomic E-state index is -0.269. The monoisotopic (exact) mass is 402 g/mol. The molecule has 3 aromatic heterocycles. The van der Waals surface area contributed by atoms with Crippen molar-refractivity contribution in [2.75, 3.05) is 12.4 Å². The molecule has 0 fully saturated rings. The number of amides is 1. The van der Waals surface area contributed by atoms with E-state index < -0.39 is 0 Å². The third kappa shape index (κ3) is 4.14. The van der Waals surface area contributed by atoms with Crippen LogP contribution < -0.4 is 10.1 Å². The van der Waals surface area contributed by atoms with Crippen molar-refractivity contribution >= 4 is 22.4 Å². The molecule has 1 amide bonds. The number of pyridine rings is 2. The Balaban J connectivity index is 1.60. The van der Waals surface area contributed by atoms with Gasteiger partial charge in [-0.05, 0) is 43.3 Å². The molecule has 0 aliphatic rings. The number of nitrogens with one attached hydrogen (secondary N) is 1. The largest absolute Gasteiger partial charge is 0.497 e. The van der Waals surface area contributed by atoms with Crippen LogP contribution in [-0.4, -0.2) is 28.0 Å². The van der Waals surface area contributed by atoms with Crippen molar-refractivity contribution in [3.63, 3.8) is 0 Å². The molecular formula is C22H18N4O2S. The molecule has 0 saturated heterocycles. The van der Waals surface area contributed by atoms with E-state index in [2.05, 4.69) is 20.3 Å². The Morgan fingerprint density at radius 2 is 1.90 bits per heavy atom. The second-order valence-electron chi connectivity index (χ2n) is 6.29. The first kappa shape index (κ1) is 18.8. The lowest BCUT2D eigenvalue weighted by molar-refractivity contribution is 0.102. The fourth-order valence-electron chi connectivity index (χ4n) is 2.89. The molecule has 1 aromatic carbocycles. The van der Waals surface area contributed by atoms with E-state index in [0.29, 0.717) is 22.1 Å². The number of thiazole rings is 1. The van der Waals surface area contributed by atoms with Crippen molar-refractivity contribution in [1.29, 1.82) is 0 Å². The number of methoxy groups -OCH3 is 1. The number of aromatic nitrogens is 3. The first-order valence-corrected chi connectivity index (χ1v) is 9.82. The molecule has 0 unspecified atom stereocenters. The molecule has 3 heterocycles. The number of ether oxygens (including phenoxy) is 1. The second-order valence-corrected chi connectivity index (χ2v) is 7.15. The first-order valence-electron chi connectivity index (χ1n) is 8.94. The molecule has 0 saturated carbocycles. The first-order chi connectivity index (χ1) is 14.1. The zero-order valence-corrected chi connectivity index (χ0v) is 16.7. The maximum absolute atomic E-state index is 12.9. The summed E-state index contributed by atoms with van der Waals surface area (Å²) in [6.45, 7) is 1.93. The number of benzene rings is 1. The summed E-state index contributed by atoms with van der Waals surface area (Å²) in [7, 11) is 1.61. The van der Waals surface area contributed by atoms with E-state index in [1.807, 2.05) is 54.8 Å². The number of rotatable bonds is 5. The molecule has 4 aromatic rings. The predicted molar refractivity (Wildman–Crippen MR) is 114 cm³/mol. The number of hydrogen-bond acceptors (Lipinski definition) is 6. The predicted octanol–water partition coefficient (Wildman–Crippen LogP) is 4.84. The highest BCUT2D eigenvalue weighted by atomic mass is 32.1. The van der Waals surface area contributed by atoms with Crippen molar-refractivity contribution in [2.24, 2.45) is 0 Å². The van der Waals surface area contributed by atoms with Crippen molar-refractivity contribution in [3.8, 4) is 28.4 Å². The number of hydrogen-bond donors (Lipinski definition) is 1. The number of carbonyl (C=O) groups excluding carboxylic acids is 1. The molecule has 0 radical (unpaired) electrons. The zero-order valence-electron chi connectivity index (χ0n) is 15.9. The van der Waals surface area contributed by atoms with Crippen molar-refractivity contribution in [1.82, 2.24) is 15.0 Å². The van der Waals surface area contributed by atoms with Gasteiger partial charge in [-0.3, -0.25) is 20.1 Å². The third-order valence-corrected chi connectivity index (χ3v) is 5.03. The molecule has 29 heavy (non-hydrogen) atoms. The molecule has 7 heteroatoms. The Hall–Kier alpha value is -3.58. The van der Waals surface area contributed by atoms with Gasteiger partial charge in [0.15, 0.2) is 5.13 Å². The van der Waals surface area contributed by atoms with E-state index in [1.54, 1.807) is 25.4 Å². The third-order valence-electron chi connectivity index (χ3n) is 4.27. The van der Waals surface area contributed by atoms with Gasteiger partial charge in [-0.25, -0.2) is 4.98 Å². The second kappa shape index (κ2) is 8.20. The molecule has 1 N–H and O–H groups in total. The molecule has 0 aliphatic carbocycles. The van der Waals surface area contributed by atoms with Gasteiger partial charge in [0.05, 0.1) is 24.1 Å². The van der Waals surface area contributed by atoms with E-state index >= 15 is 0 Å². The van der Waals surface area contributed by atoms with Crippen molar-refractivity contribution in [2.45, 2.75) is 6.92 Å². The summed E-state index contributed by atoms with van der Waals surface area (Å²) in [6, 6.07) is 16.7. The highest BCUT2D eigenvalue weighted by Crippen LogP contribution is 2.27. The van der Waals surface area contributed by atoms with Crippen LogP contribution in [0.25, 0.3) is 22.6 Å². The molecule has 144 valence electrons. The Kier molecular flexibility index (Phi) is 5.31. The summed E-state index contributed by atoms with van der Waals surface area (Å²) in [5, 5.41) is 5.26. The summed E-state index contributed by atoms with van der Waals surface area (Å²) in [5.41, 5.74) is 4.28. The zero-order chi connectivity index (χ0) is 20.2. The van der Waals surface area contributed by atoms with E-state index in [-0.39, 0.29) is 5.91 Å². The lowest BCUT2D eigenvalue weighted by Crippen LogP contribution is -2.13. The van der Waals surface area contributed by atoms with E-state index in [1.165, 1.54) is 11.3 Å². The van der Waals surface area contributed by atoms with Gasteiger partial charge in [0.2, 0.25) is 0 Å². The normalized spacial score (nSPS) is 10.6. The maximum atomic E-state index is 12.9. The minimum absolute atomic E-state index is 0.269. The van der Waals surface area contributed by atoms with Crippen LogP contribution >= 0.6 is 11.3 Å². The molecule has 6 nitrogen and oxygen atoms in total. The summed E-state index contributed by atoms with van der Waals surface area (Å²) < 4.78 is 5.28. The lowest BCUT2D eigenvalue weighted by Gasteiger charge is -2.09. The van der Waals surface area contributed by atoms with Crippen LogP contribution in [-0.2, 0) is 0 Å². The van der Waals surface area contributed by atoms with Crippen molar-refractivity contribution in [3.05, 3.63) is 77.4 Å². The Labute approximate surface area is 172 Å². The van der Waals surface area contributed by atoms with E-state index in [0.717, 1.165) is 22.6 Å². The van der Waals surface area contributed by atoms with Crippen molar-refractivity contribution < 1.29 is 9.53 Å². The number of anilines is 1. The van der Waals surface area contributed by atoms with E-state index in [4.69, 9.17) is 4.74 Å². The van der Waals surface area contributed by atoms with Crippen LogP contribution in [0.15, 0.2) is 66.2 Å². The summed E-state index contributed by atoms with van der Waals surface area (Å²) in [4.78, 5) is 26.3. The standard InChI is InChI=1S/C22H18N4O2S/c1-14-6-3-10-18(24-14)19-13-29-22(25-19)26-21(27)17-9-5-11-23-20(17)15-7-4-8-16(12-15)28-2/h3-13H,1-2H3,(H,25,26,27). The summed E-state index contributed by atoms with van der Waals surface area (Å²) >= 11 is 1.36. The van der Waals surface area contributed by atoms with Gasteiger partial charge < -0.3 is 4.74 Å². The quantitative estimate of drug-likeness (QED) is 0.517. The summed E-state index contributed by atoms with van der Waals surface area (Å²) in [6.07, 6.45) is 1.66. The van der Waals surface area contributed by atoms with Crippen LogP contribution in [0.3, 0.4) is 0 Å². The average Bonchev–Trinajstić information content (AvgIpc) is 3.22. The van der Waals surface area contributed by atoms with Crippen LogP contribution in [0.5, 0.6) is 5.75 Å². The average molecular weight is 402 g/mol. The fourth-order valence-corrected chi connectivity index (χ4v) is 3.59. The Morgan fingerprint density at radius 3 is 2.72 bits per heavy atom. The number of aryl methyl sites for hydroxylation is 1. The molecular weight excluding hydrogens is 384 g/mol. The molecule has 0 atom stereocenters. The van der Waals surface area contributed by atoms with Gasteiger partial charge in [-0.2, -0.15) is 0 Å². The van der Waals surface area contributed by atoms with E-state index in [9.17, 15) is 4.79 Å².